The lowest BCUT2D eigenvalue weighted by molar-refractivity contribution is -0.139. The van der Waals surface area contributed by atoms with Crippen LogP contribution in [0.4, 0.5) is 0 Å². The molecule has 4 rings (SSSR count). The summed E-state index contributed by atoms with van der Waals surface area (Å²) in [4.78, 5) is 30.3. The zero-order valence-electron chi connectivity index (χ0n) is 20.0. The first-order valence-corrected chi connectivity index (χ1v) is 12.9. The Balaban J connectivity index is 1.54. The first kappa shape index (κ1) is 25.8. The molecule has 1 unspecified atom stereocenters. The first-order chi connectivity index (χ1) is 16.9. The number of hydrogen-bond acceptors (Lipinski definition) is 5. The van der Waals surface area contributed by atoms with Crippen LogP contribution in [-0.4, -0.2) is 77.4 Å². The molecular weight excluding hydrogens is 491 g/mol. The number of benzene rings is 1. The fourth-order valence-electron chi connectivity index (χ4n) is 4.77. The van der Waals surface area contributed by atoms with Crippen molar-refractivity contribution in [2.24, 2.45) is 5.41 Å². The molecule has 2 saturated heterocycles. The molecule has 190 valence electrons. The van der Waals surface area contributed by atoms with Crippen LogP contribution in [-0.2, 0) is 16.1 Å². The maximum atomic E-state index is 13.4. The minimum absolute atomic E-state index is 0.0579. The molecule has 8 nitrogen and oxygen atoms in total. The molecule has 3 heterocycles. The molecule has 0 radical (unpaired) electrons. The predicted octanol–water partition coefficient (Wildman–Crippen LogP) is 4.15. The quantitative estimate of drug-likeness (QED) is 0.520. The molecule has 2 aliphatic heterocycles. The van der Waals surface area contributed by atoms with Crippen LogP contribution in [0.3, 0.4) is 0 Å². The molecule has 1 aromatic carbocycles. The molecule has 1 atom stereocenters. The standard InChI is InChI=1S/C25H32Cl2N4O4/c1-2-8-31-16-21(27)23(28-31)24(33)30-9-4-7-25(17-30,15-22(32)29-10-12-34-13-11-29)18-35-20-6-3-5-19(26)14-20/h3,5-6,14,16H,2,4,7-13,15,17-18H2,1H3. The van der Waals surface area contributed by atoms with E-state index < -0.39 is 5.41 Å². The van der Waals surface area contributed by atoms with Gasteiger partial charge in [0.15, 0.2) is 5.69 Å². The summed E-state index contributed by atoms with van der Waals surface area (Å²) >= 11 is 12.5. The summed E-state index contributed by atoms with van der Waals surface area (Å²) in [5.74, 6) is 0.485. The smallest absolute Gasteiger partial charge is 0.275 e. The van der Waals surface area contributed by atoms with E-state index in [1.54, 1.807) is 27.9 Å². The van der Waals surface area contributed by atoms with Crippen molar-refractivity contribution in [1.82, 2.24) is 19.6 Å². The number of piperidine rings is 1. The van der Waals surface area contributed by atoms with Gasteiger partial charge >= 0.3 is 0 Å². The molecule has 0 saturated carbocycles. The van der Waals surface area contributed by atoms with E-state index in [0.29, 0.717) is 68.3 Å². The molecule has 10 heteroatoms. The van der Waals surface area contributed by atoms with Gasteiger partial charge in [-0.2, -0.15) is 5.10 Å². The number of ether oxygens (including phenoxy) is 2. The lowest BCUT2D eigenvalue weighted by atomic mass is 9.77. The van der Waals surface area contributed by atoms with Crippen molar-refractivity contribution in [3.8, 4) is 5.75 Å². The number of aryl methyl sites for hydroxylation is 1. The maximum absolute atomic E-state index is 13.4. The molecule has 0 aliphatic carbocycles. The fraction of sp³-hybridized carbons (Fsp3) is 0.560. The molecule has 0 N–H and O–H groups in total. The molecule has 2 amide bonds. The van der Waals surface area contributed by atoms with Crippen LogP contribution in [0.5, 0.6) is 5.75 Å². The van der Waals surface area contributed by atoms with Gasteiger partial charge in [-0.15, -0.1) is 0 Å². The highest BCUT2D eigenvalue weighted by molar-refractivity contribution is 6.33. The van der Waals surface area contributed by atoms with Crippen LogP contribution < -0.4 is 4.74 Å². The Morgan fingerprint density at radius 1 is 1.17 bits per heavy atom. The average Bonchev–Trinajstić information content (AvgIpc) is 3.23. The highest BCUT2D eigenvalue weighted by Crippen LogP contribution is 2.36. The van der Waals surface area contributed by atoms with Crippen molar-refractivity contribution in [3.05, 3.63) is 46.2 Å². The van der Waals surface area contributed by atoms with Gasteiger partial charge in [0.2, 0.25) is 5.91 Å². The number of morpholine rings is 1. The third kappa shape index (κ3) is 6.48. The topological polar surface area (TPSA) is 76.9 Å². The maximum Gasteiger partial charge on any atom is 0.275 e. The third-order valence-electron chi connectivity index (χ3n) is 6.55. The molecule has 2 fully saturated rings. The first-order valence-electron chi connectivity index (χ1n) is 12.2. The van der Waals surface area contributed by atoms with Crippen molar-refractivity contribution in [1.29, 1.82) is 0 Å². The third-order valence-corrected chi connectivity index (χ3v) is 7.06. The van der Waals surface area contributed by atoms with Gasteiger partial charge in [-0.05, 0) is 37.5 Å². The van der Waals surface area contributed by atoms with Gasteiger partial charge in [0.1, 0.15) is 5.75 Å². The molecule has 2 aliphatic rings. The number of likely N-dealkylation sites (tertiary alicyclic amines) is 1. The number of amides is 2. The van der Waals surface area contributed by atoms with Crippen LogP contribution in [0.1, 0.15) is 43.1 Å². The van der Waals surface area contributed by atoms with Crippen molar-refractivity contribution in [2.45, 2.75) is 39.2 Å². The Morgan fingerprint density at radius 2 is 1.97 bits per heavy atom. The Hall–Kier alpha value is -2.29. The Labute approximate surface area is 216 Å². The number of halogens is 2. The fourth-order valence-corrected chi connectivity index (χ4v) is 5.18. The SMILES string of the molecule is CCCn1cc(Cl)c(C(=O)N2CCCC(COc3cccc(Cl)c3)(CC(=O)N3CCOCC3)C2)n1. The second-order valence-electron chi connectivity index (χ2n) is 9.33. The van der Waals surface area contributed by atoms with Crippen LogP contribution in [0.15, 0.2) is 30.5 Å². The summed E-state index contributed by atoms with van der Waals surface area (Å²) in [6.45, 7) is 6.25. The highest BCUT2D eigenvalue weighted by atomic mass is 35.5. The minimum Gasteiger partial charge on any atom is -0.493 e. The van der Waals surface area contributed by atoms with E-state index >= 15 is 0 Å². The van der Waals surface area contributed by atoms with Crippen LogP contribution >= 0.6 is 23.2 Å². The number of carbonyl (C=O) groups is 2. The summed E-state index contributed by atoms with van der Waals surface area (Å²) in [5.41, 5.74) is -0.282. The second-order valence-corrected chi connectivity index (χ2v) is 10.2. The van der Waals surface area contributed by atoms with E-state index in [4.69, 9.17) is 32.7 Å². The predicted molar refractivity (Wildman–Crippen MR) is 134 cm³/mol. The summed E-state index contributed by atoms with van der Waals surface area (Å²) in [5, 5.41) is 5.35. The van der Waals surface area contributed by atoms with Gasteiger partial charge < -0.3 is 19.3 Å². The van der Waals surface area contributed by atoms with E-state index in [2.05, 4.69) is 5.10 Å². The Morgan fingerprint density at radius 3 is 2.71 bits per heavy atom. The van der Waals surface area contributed by atoms with Crippen LogP contribution in [0, 0.1) is 5.41 Å². The van der Waals surface area contributed by atoms with Crippen LogP contribution in [0.25, 0.3) is 0 Å². The summed E-state index contributed by atoms with van der Waals surface area (Å²) < 4.78 is 13.3. The summed E-state index contributed by atoms with van der Waals surface area (Å²) in [6, 6.07) is 7.21. The van der Waals surface area contributed by atoms with E-state index in [9.17, 15) is 9.59 Å². The van der Waals surface area contributed by atoms with Gasteiger partial charge in [-0.1, -0.05) is 36.2 Å². The lowest BCUT2D eigenvalue weighted by Crippen LogP contribution is -2.52. The van der Waals surface area contributed by atoms with Crippen LogP contribution in [0.2, 0.25) is 10.0 Å². The van der Waals surface area contributed by atoms with Gasteiger partial charge in [-0.3, -0.25) is 14.3 Å². The molecular formula is C25H32Cl2N4O4. The molecule has 0 bridgehead atoms. The van der Waals surface area contributed by atoms with Gasteiger partial charge in [0.05, 0.1) is 24.8 Å². The van der Waals surface area contributed by atoms with E-state index in [1.807, 2.05) is 24.0 Å². The normalized spacial score (nSPS) is 20.7. The largest absolute Gasteiger partial charge is 0.493 e. The average molecular weight is 523 g/mol. The zero-order chi connectivity index (χ0) is 24.8. The number of carbonyl (C=O) groups excluding carboxylic acids is 2. The van der Waals surface area contributed by atoms with Gasteiger partial charge in [-0.25, -0.2) is 0 Å². The number of hydrogen-bond donors (Lipinski definition) is 0. The zero-order valence-corrected chi connectivity index (χ0v) is 21.6. The Bertz CT molecular complexity index is 1040. The molecule has 2 aromatic rings. The van der Waals surface area contributed by atoms with E-state index in [-0.39, 0.29) is 23.9 Å². The van der Waals surface area contributed by atoms with Crippen molar-refractivity contribution >= 4 is 35.0 Å². The number of nitrogens with zero attached hydrogens (tertiary/aromatic N) is 4. The monoisotopic (exact) mass is 522 g/mol. The molecule has 0 spiro atoms. The molecule has 1 aromatic heterocycles. The van der Waals surface area contributed by atoms with E-state index in [0.717, 1.165) is 19.3 Å². The Kier molecular flexibility index (Phi) is 8.57. The van der Waals surface area contributed by atoms with Gasteiger partial charge in [0, 0.05) is 55.8 Å². The van der Waals surface area contributed by atoms with Gasteiger partial charge in [0.25, 0.3) is 5.91 Å². The minimum atomic E-state index is -0.538. The highest BCUT2D eigenvalue weighted by Gasteiger charge is 2.42. The van der Waals surface area contributed by atoms with Crippen molar-refractivity contribution < 1.29 is 19.1 Å². The number of aromatic nitrogens is 2. The van der Waals surface area contributed by atoms with Crippen molar-refractivity contribution in [2.75, 3.05) is 46.0 Å². The second kappa shape index (κ2) is 11.6. The summed E-state index contributed by atoms with van der Waals surface area (Å²) in [7, 11) is 0. The number of rotatable bonds is 8. The van der Waals surface area contributed by atoms with E-state index in [1.165, 1.54) is 0 Å². The summed E-state index contributed by atoms with van der Waals surface area (Å²) in [6.07, 6.45) is 4.40. The molecule has 35 heavy (non-hydrogen) atoms. The lowest BCUT2D eigenvalue weighted by Gasteiger charge is -2.43. The van der Waals surface area contributed by atoms with Crippen molar-refractivity contribution in [3.63, 3.8) is 0 Å².